The minimum atomic E-state index is -5.38. The molecule has 0 bridgehead atoms. The summed E-state index contributed by atoms with van der Waals surface area (Å²) in [4.78, 5) is 52.0. The van der Waals surface area contributed by atoms with Gasteiger partial charge < -0.3 is 20.9 Å². The maximum Gasteiger partial charge on any atom is 0.471 e. The first kappa shape index (κ1) is 31.1. The van der Waals surface area contributed by atoms with Crippen LogP contribution in [0.15, 0.2) is 24.3 Å². The fourth-order valence-corrected chi connectivity index (χ4v) is 6.12. The van der Waals surface area contributed by atoms with Crippen LogP contribution in [0.4, 0.5) is 26.3 Å². The molecule has 1 aromatic rings. The number of carbonyl (C=O) groups is 4. The molecule has 0 radical (unpaired) electrons. The molecule has 3 aliphatic rings. The van der Waals surface area contributed by atoms with E-state index in [1.807, 2.05) is 19.9 Å². The number of carbonyl (C=O) groups excluding carboxylic acids is 4. The summed E-state index contributed by atoms with van der Waals surface area (Å²) in [5.74, 6) is -5.67. The molecule has 3 fully saturated rings. The summed E-state index contributed by atoms with van der Waals surface area (Å²) in [6.07, 6.45) is -10.4. The van der Waals surface area contributed by atoms with Crippen LogP contribution in [0.1, 0.15) is 37.8 Å². The molecule has 3 N–H and O–H groups in total. The van der Waals surface area contributed by atoms with Gasteiger partial charge in [0.25, 0.3) is 0 Å². The van der Waals surface area contributed by atoms with Crippen molar-refractivity contribution in [3.05, 3.63) is 35.4 Å². The average molecular weight is 602 g/mol. The number of halogens is 6. The molecule has 0 spiro atoms. The second kappa shape index (κ2) is 11.1. The van der Waals surface area contributed by atoms with Crippen molar-refractivity contribution in [1.82, 2.24) is 20.9 Å². The fourth-order valence-electron chi connectivity index (χ4n) is 6.12. The van der Waals surface area contributed by atoms with E-state index in [1.54, 1.807) is 5.32 Å². The molecule has 9 nitrogen and oxygen atoms in total. The highest BCUT2D eigenvalue weighted by Gasteiger charge is 2.69. The monoisotopic (exact) mass is 601 g/mol. The summed E-state index contributed by atoms with van der Waals surface area (Å²) in [5, 5.41) is 16.4. The molecule has 1 aromatic carbocycles. The molecule has 42 heavy (non-hydrogen) atoms. The number of fused-ring (bicyclic) bond motifs is 1. The van der Waals surface area contributed by atoms with Crippen LogP contribution in [-0.4, -0.2) is 65.9 Å². The lowest BCUT2D eigenvalue weighted by atomic mass is 9.96. The molecule has 4 rings (SSSR count). The number of nitriles is 1. The Hall–Kier alpha value is -3.83. The Morgan fingerprint density at radius 1 is 1.17 bits per heavy atom. The van der Waals surface area contributed by atoms with Crippen molar-refractivity contribution in [3.8, 4) is 6.07 Å². The SMILES string of the molecule is CC1(C)C2CN(C(=O)[C@H](Cc3cccc(C(F)(F)F)c3)NC(=O)C(F)(F)F)C(C(=O)N[C@H](C#N)C[C@@H]3CCNC3=O)C21. The van der Waals surface area contributed by atoms with Gasteiger partial charge in [0.2, 0.25) is 17.7 Å². The second-order valence-corrected chi connectivity index (χ2v) is 11.5. The number of nitrogens with one attached hydrogen (secondary N) is 3. The molecule has 2 heterocycles. The maximum atomic E-state index is 13.7. The van der Waals surface area contributed by atoms with Crippen LogP contribution >= 0.6 is 0 Å². The molecule has 6 atom stereocenters. The first-order valence-electron chi connectivity index (χ1n) is 13.3. The number of benzene rings is 1. The molecular weight excluding hydrogens is 572 g/mol. The topological polar surface area (TPSA) is 131 Å². The molecule has 1 saturated carbocycles. The van der Waals surface area contributed by atoms with Gasteiger partial charge in [0.1, 0.15) is 18.1 Å². The summed E-state index contributed by atoms with van der Waals surface area (Å²) in [7, 11) is 0. The third kappa shape index (κ3) is 6.32. The van der Waals surface area contributed by atoms with Crippen LogP contribution in [-0.2, 0) is 31.8 Å². The van der Waals surface area contributed by atoms with Crippen molar-refractivity contribution in [1.29, 1.82) is 5.26 Å². The smallest absolute Gasteiger partial charge is 0.356 e. The van der Waals surface area contributed by atoms with Gasteiger partial charge in [0, 0.05) is 25.4 Å². The Balaban J connectivity index is 1.59. The first-order valence-corrected chi connectivity index (χ1v) is 13.3. The van der Waals surface area contributed by atoms with E-state index in [0.29, 0.717) is 19.0 Å². The molecule has 15 heteroatoms. The Morgan fingerprint density at radius 3 is 2.43 bits per heavy atom. The average Bonchev–Trinajstić information content (AvgIpc) is 3.24. The second-order valence-electron chi connectivity index (χ2n) is 11.5. The van der Waals surface area contributed by atoms with Crippen molar-refractivity contribution in [2.75, 3.05) is 13.1 Å². The van der Waals surface area contributed by atoms with E-state index in [9.17, 15) is 50.8 Å². The van der Waals surface area contributed by atoms with Crippen LogP contribution in [0, 0.1) is 34.5 Å². The van der Waals surface area contributed by atoms with Crippen LogP contribution in [0.5, 0.6) is 0 Å². The van der Waals surface area contributed by atoms with Crippen LogP contribution < -0.4 is 16.0 Å². The van der Waals surface area contributed by atoms with Gasteiger partial charge in [-0.15, -0.1) is 0 Å². The Morgan fingerprint density at radius 2 is 1.86 bits per heavy atom. The molecule has 0 aromatic heterocycles. The highest BCUT2D eigenvalue weighted by atomic mass is 19.4. The fraction of sp³-hybridized carbons (Fsp3) is 0.593. The number of nitrogens with zero attached hydrogens (tertiary/aromatic N) is 2. The minimum Gasteiger partial charge on any atom is -0.356 e. The normalized spacial score (nSPS) is 26.0. The number of hydrogen-bond donors (Lipinski definition) is 3. The number of piperidine rings is 1. The van der Waals surface area contributed by atoms with Crippen molar-refractivity contribution < 1.29 is 45.5 Å². The van der Waals surface area contributed by atoms with Gasteiger partial charge in [-0.05, 0) is 41.7 Å². The molecule has 228 valence electrons. The van der Waals surface area contributed by atoms with Gasteiger partial charge >= 0.3 is 18.3 Å². The van der Waals surface area contributed by atoms with E-state index in [1.165, 1.54) is 6.07 Å². The summed E-state index contributed by atoms with van der Waals surface area (Å²) < 4.78 is 79.2. The van der Waals surface area contributed by atoms with E-state index in [-0.39, 0.29) is 30.4 Å². The molecule has 4 amide bonds. The number of likely N-dealkylation sites (tertiary alicyclic amines) is 1. The standard InChI is InChI=1S/C27H29F6N5O4/c1-25(2)17-12-38(20(19(17)25)22(40)36-16(11-34)10-14-6-7-35-21(14)39)23(41)18(37-24(42)27(31,32)33)9-13-4-3-5-15(8-13)26(28,29)30/h3-5,8,14,16-20H,6-7,9-10,12H2,1-2H3,(H,35,39)(H,36,40)(H,37,42)/t14-,16-,17?,18-,19?,20?/m0/s1. The molecule has 2 aliphatic heterocycles. The lowest BCUT2D eigenvalue weighted by molar-refractivity contribution is -0.175. The lowest BCUT2D eigenvalue weighted by Crippen LogP contribution is -2.58. The maximum absolute atomic E-state index is 13.7. The summed E-state index contributed by atoms with van der Waals surface area (Å²) in [6, 6.07) is 1.33. The third-order valence-corrected chi connectivity index (χ3v) is 8.47. The van der Waals surface area contributed by atoms with Gasteiger partial charge in [0.05, 0.1) is 11.6 Å². The van der Waals surface area contributed by atoms with E-state index in [0.717, 1.165) is 17.0 Å². The highest BCUT2D eigenvalue weighted by Crippen LogP contribution is 2.65. The van der Waals surface area contributed by atoms with Gasteiger partial charge in [-0.2, -0.15) is 31.6 Å². The van der Waals surface area contributed by atoms with Crippen molar-refractivity contribution in [2.24, 2.45) is 23.2 Å². The quantitative estimate of drug-likeness (QED) is 0.394. The molecule has 3 unspecified atom stereocenters. The van der Waals surface area contributed by atoms with Gasteiger partial charge in [-0.1, -0.05) is 32.0 Å². The molecule has 2 saturated heterocycles. The van der Waals surface area contributed by atoms with E-state index in [2.05, 4.69) is 10.6 Å². The Kier molecular flexibility index (Phi) is 8.23. The number of amides is 4. The van der Waals surface area contributed by atoms with Crippen LogP contribution in [0.25, 0.3) is 0 Å². The number of alkyl halides is 6. The van der Waals surface area contributed by atoms with Crippen LogP contribution in [0.2, 0.25) is 0 Å². The zero-order valence-electron chi connectivity index (χ0n) is 22.6. The predicted molar refractivity (Wildman–Crippen MR) is 133 cm³/mol. The number of hydrogen-bond acceptors (Lipinski definition) is 5. The first-order chi connectivity index (χ1) is 19.4. The van der Waals surface area contributed by atoms with Gasteiger partial charge in [-0.3, -0.25) is 19.2 Å². The summed E-state index contributed by atoms with van der Waals surface area (Å²) in [6.45, 7) is 4.08. The highest BCUT2D eigenvalue weighted by molar-refractivity contribution is 5.94. The van der Waals surface area contributed by atoms with E-state index >= 15 is 0 Å². The van der Waals surface area contributed by atoms with Crippen LogP contribution in [0.3, 0.4) is 0 Å². The van der Waals surface area contributed by atoms with Crippen molar-refractivity contribution >= 4 is 23.6 Å². The van der Waals surface area contributed by atoms with Gasteiger partial charge in [-0.25, -0.2) is 0 Å². The molecule has 1 aliphatic carbocycles. The van der Waals surface area contributed by atoms with Crippen molar-refractivity contribution in [3.63, 3.8) is 0 Å². The Bertz CT molecular complexity index is 1310. The summed E-state index contributed by atoms with van der Waals surface area (Å²) in [5.41, 5.74) is -1.66. The minimum absolute atomic E-state index is 0.0199. The van der Waals surface area contributed by atoms with E-state index < -0.39 is 77.4 Å². The zero-order chi connectivity index (χ0) is 31.2. The summed E-state index contributed by atoms with van der Waals surface area (Å²) >= 11 is 0. The zero-order valence-corrected chi connectivity index (χ0v) is 22.6. The predicted octanol–water partition coefficient (Wildman–Crippen LogP) is 2.31. The third-order valence-electron chi connectivity index (χ3n) is 8.47. The van der Waals surface area contributed by atoms with Crippen molar-refractivity contribution in [2.45, 2.75) is 63.6 Å². The number of rotatable bonds is 8. The lowest BCUT2D eigenvalue weighted by Gasteiger charge is -2.33. The largest absolute Gasteiger partial charge is 0.471 e. The Labute approximate surface area is 237 Å². The van der Waals surface area contributed by atoms with E-state index in [4.69, 9.17) is 0 Å². The molecular formula is C27H29F6N5O4. The van der Waals surface area contributed by atoms with Gasteiger partial charge in [0.15, 0.2) is 0 Å².